The lowest BCUT2D eigenvalue weighted by Crippen LogP contribution is -2.20. The predicted molar refractivity (Wildman–Crippen MR) is 72.1 cm³/mol. The van der Waals surface area contributed by atoms with Crippen LogP contribution in [0.1, 0.15) is 17.0 Å². The van der Waals surface area contributed by atoms with Crippen molar-refractivity contribution in [2.45, 2.75) is 5.92 Å². The second-order valence-electron chi connectivity index (χ2n) is 4.51. The molecule has 20 heavy (non-hydrogen) atoms. The average Bonchev–Trinajstić information content (AvgIpc) is 2.47. The molecule has 2 aromatic carbocycles. The number of benzene rings is 2. The van der Waals surface area contributed by atoms with Gasteiger partial charge in [0.15, 0.2) is 0 Å². The van der Waals surface area contributed by atoms with Gasteiger partial charge in [0, 0.05) is 5.56 Å². The topological polar surface area (TPSA) is 59.0 Å². The van der Waals surface area contributed by atoms with E-state index in [2.05, 4.69) is 6.07 Å². The smallest absolute Gasteiger partial charge is 0.205 e. The van der Waals surface area contributed by atoms with Gasteiger partial charge in [-0.05, 0) is 23.8 Å². The number of nitrogens with two attached hydrogens (primary N) is 1. The predicted octanol–water partition coefficient (Wildman–Crippen LogP) is 3.04. The van der Waals surface area contributed by atoms with E-state index in [1.165, 1.54) is 12.1 Å². The Morgan fingerprint density at radius 2 is 1.80 bits per heavy atom. The summed E-state index contributed by atoms with van der Waals surface area (Å²) in [6, 6.07) is 15.5. The van der Waals surface area contributed by atoms with Crippen LogP contribution in [0, 0.1) is 17.1 Å². The van der Waals surface area contributed by atoms with Gasteiger partial charge in [-0.3, -0.25) is 0 Å². The highest BCUT2D eigenvalue weighted by molar-refractivity contribution is 5.55. The van der Waals surface area contributed by atoms with Crippen molar-refractivity contribution in [3.8, 4) is 11.8 Å². The van der Waals surface area contributed by atoms with Crippen LogP contribution in [-0.2, 0) is 0 Å². The van der Waals surface area contributed by atoms with E-state index in [9.17, 15) is 9.65 Å². The minimum atomic E-state index is -0.328. The number of nitriles is 1. The van der Waals surface area contributed by atoms with Gasteiger partial charge in [-0.15, -0.1) is 0 Å². The van der Waals surface area contributed by atoms with Crippen LogP contribution in [0.4, 0.5) is 4.39 Å². The largest absolute Gasteiger partial charge is 0.440 e. The first-order chi connectivity index (χ1) is 9.70. The molecule has 98 valence electrons. The summed E-state index contributed by atoms with van der Waals surface area (Å²) < 4.78 is 18.6. The summed E-state index contributed by atoms with van der Waals surface area (Å²) in [5, 5.41) is 9.33. The summed E-state index contributed by atoms with van der Waals surface area (Å²) in [4.78, 5) is 0. The summed E-state index contributed by atoms with van der Waals surface area (Å²) in [7, 11) is 0. The monoisotopic (exact) mass is 266 g/mol. The molecule has 1 unspecified atom stereocenters. The Labute approximate surface area is 115 Å². The molecule has 1 aliphatic heterocycles. The fraction of sp³-hybridized carbons (Fsp3) is 0.0625. The van der Waals surface area contributed by atoms with Crippen LogP contribution >= 0.6 is 0 Å². The van der Waals surface area contributed by atoms with E-state index in [1.54, 1.807) is 18.2 Å². The van der Waals surface area contributed by atoms with E-state index in [0.29, 0.717) is 11.3 Å². The van der Waals surface area contributed by atoms with Crippen molar-refractivity contribution in [1.82, 2.24) is 0 Å². The molecule has 0 fully saturated rings. The van der Waals surface area contributed by atoms with Gasteiger partial charge in [0.1, 0.15) is 23.2 Å². The lowest BCUT2D eigenvalue weighted by molar-refractivity contribution is 0.393. The van der Waals surface area contributed by atoms with Crippen molar-refractivity contribution in [1.29, 1.82) is 5.26 Å². The van der Waals surface area contributed by atoms with Gasteiger partial charge >= 0.3 is 0 Å². The van der Waals surface area contributed by atoms with Gasteiger partial charge in [0.2, 0.25) is 5.88 Å². The molecule has 2 aromatic rings. The molecule has 4 heteroatoms. The van der Waals surface area contributed by atoms with Crippen LogP contribution in [0.5, 0.6) is 5.75 Å². The third-order valence-electron chi connectivity index (χ3n) is 3.33. The molecule has 0 amide bonds. The van der Waals surface area contributed by atoms with Crippen molar-refractivity contribution in [2.75, 3.05) is 0 Å². The van der Waals surface area contributed by atoms with Crippen molar-refractivity contribution in [3.05, 3.63) is 76.9 Å². The third-order valence-corrected chi connectivity index (χ3v) is 3.33. The number of hydrogen-bond acceptors (Lipinski definition) is 3. The molecule has 3 rings (SSSR count). The first-order valence-corrected chi connectivity index (χ1v) is 6.12. The highest BCUT2D eigenvalue weighted by Gasteiger charge is 2.30. The zero-order valence-electron chi connectivity index (χ0n) is 10.5. The zero-order valence-corrected chi connectivity index (χ0v) is 10.5. The van der Waals surface area contributed by atoms with Crippen LogP contribution < -0.4 is 10.5 Å². The Balaban J connectivity index is 2.20. The molecule has 0 spiro atoms. The number of allylic oxidation sites excluding steroid dienone is 1. The van der Waals surface area contributed by atoms with Crippen LogP contribution in [0.15, 0.2) is 60.0 Å². The molecule has 0 radical (unpaired) electrons. The number of para-hydroxylation sites is 1. The Morgan fingerprint density at radius 1 is 1.10 bits per heavy atom. The van der Waals surface area contributed by atoms with Gasteiger partial charge in [0.25, 0.3) is 0 Å². The molecule has 0 saturated carbocycles. The normalized spacial score (nSPS) is 17.1. The molecule has 1 aliphatic rings. The van der Waals surface area contributed by atoms with Crippen LogP contribution in [0.3, 0.4) is 0 Å². The fourth-order valence-corrected chi connectivity index (χ4v) is 2.40. The number of halogens is 1. The van der Waals surface area contributed by atoms with Crippen molar-refractivity contribution in [2.24, 2.45) is 5.73 Å². The molecule has 1 atom stereocenters. The number of nitrogens with zero attached hydrogens (tertiary/aromatic N) is 1. The highest BCUT2D eigenvalue weighted by Crippen LogP contribution is 2.41. The molecule has 0 aliphatic carbocycles. The minimum Gasteiger partial charge on any atom is -0.440 e. The fourth-order valence-electron chi connectivity index (χ4n) is 2.40. The van der Waals surface area contributed by atoms with Crippen molar-refractivity contribution in [3.63, 3.8) is 0 Å². The van der Waals surface area contributed by atoms with Gasteiger partial charge in [-0.1, -0.05) is 30.3 Å². The SMILES string of the molecule is N#CC1=C(N)Oc2ccccc2C1c1ccc(F)cc1. The summed E-state index contributed by atoms with van der Waals surface area (Å²) in [5.41, 5.74) is 7.82. The lowest BCUT2D eigenvalue weighted by atomic mass is 9.84. The molecule has 0 bridgehead atoms. The maximum absolute atomic E-state index is 13.1. The van der Waals surface area contributed by atoms with Crippen LogP contribution in [0.25, 0.3) is 0 Å². The number of fused-ring (bicyclic) bond motifs is 1. The summed E-state index contributed by atoms with van der Waals surface area (Å²) in [6.07, 6.45) is 0. The van der Waals surface area contributed by atoms with E-state index in [1.807, 2.05) is 18.2 Å². The minimum absolute atomic E-state index is 0.0977. The second-order valence-corrected chi connectivity index (χ2v) is 4.51. The third kappa shape index (κ3) is 1.90. The standard InChI is InChI=1S/C16H11FN2O/c17-11-7-5-10(6-8-11)15-12-3-1-2-4-14(12)20-16(19)13(15)9-18/h1-8,15H,19H2. The Morgan fingerprint density at radius 3 is 2.50 bits per heavy atom. The summed E-state index contributed by atoms with van der Waals surface area (Å²) in [5.74, 6) is 0.0777. The molecular formula is C16H11FN2O. The summed E-state index contributed by atoms with van der Waals surface area (Å²) in [6.45, 7) is 0. The van der Waals surface area contributed by atoms with Crippen LogP contribution in [-0.4, -0.2) is 0 Å². The Hall–Kier alpha value is -2.80. The average molecular weight is 266 g/mol. The van der Waals surface area contributed by atoms with Crippen LogP contribution in [0.2, 0.25) is 0 Å². The molecule has 0 aromatic heterocycles. The van der Waals surface area contributed by atoms with E-state index < -0.39 is 0 Å². The van der Waals surface area contributed by atoms with E-state index in [-0.39, 0.29) is 17.6 Å². The molecule has 3 nitrogen and oxygen atoms in total. The summed E-state index contributed by atoms with van der Waals surface area (Å²) >= 11 is 0. The quantitative estimate of drug-likeness (QED) is 0.863. The molecule has 0 saturated heterocycles. The van der Waals surface area contributed by atoms with Gasteiger partial charge in [-0.2, -0.15) is 5.26 Å². The van der Waals surface area contributed by atoms with Crippen molar-refractivity contribution >= 4 is 0 Å². The van der Waals surface area contributed by atoms with Gasteiger partial charge < -0.3 is 10.5 Å². The van der Waals surface area contributed by atoms with Gasteiger partial charge in [0.05, 0.1) is 5.92 Å². The highest BCUT2D eigenvalue weighted by atomic mass is 19.1. The lowest BCUT2D eigenvalue weighted by Gasteiger charge is -2.26. The number of hydrogen-bond donors (Lipinski definition) is 1. The van der Waals surface area contributed by atoms with E-state index >= 15 is 0 Å². The second kappa shape index (κ2) is 4.71. The Bertz CT molecular complexity index is 729. The number of rotatable bonds is 1. The van der Waals surface area contributed by atoms with Gasteiger partial charge in [-0.25, -0.2) is 4.39 Å². The molecular weight excluding hydrogens is 255 g/mol. The maximum atomic E-state index is 13.1. The molecule has 1 heterocycles. The van der Waals surface area contributed by atoms with Crippen molar-refractivity contribution < 1.29 is 9.13 Å². The zero-order chi connectivity index (χ0) is 14.1. The van der Waals surface area contributed by atoms with E-state index in [4.69, 9.17) is 10.5 Å². The maximum Gasteiger partial charge on any atom is 0.205 e. The molecule has 2 N–H and O–H groups in total. The van der Waals surface area contributed by atoms with E-state index in [0.717, 1.165) is 11.1 Å². The number of ether oxygens (including phenoxy) is 1. The first-order valence-electron chi connectivity index (χ1n) is 6.12. The first kappa shape index (κ1) is 12.2. The Kier molecular flexibility index (Phi) is 2.88.